The molecule has 128 valence electrons. The first-order valence-electron chi connectivity index (χ1n) is 8.43. The summed E-state index contributed by atoms with van der Waals surface area (Å²) in [7, 11) is 0. The lowest BCUT2D eigenvalue weighted by Crippen LogP contribution is -2.49. The molecule has 1 atom stereocenters. The van der Waals surface area contributed by atoms with Crippen LogP contribution in [-0.2, 0) is 0 Å². The van der Waals surface area contributed by atoms with Gasteiger partial charge < -0.3 is 4.74 Å². The van der Waals surface area contributed by atoms with Crippen molar-refractivity contribution in [3.8, 4) is 5.75 Å². The summed E-state index contributed by atoms with van der Waals surface area (Å²) in [4.78, 5) is 5.26. The molecule has 2 aromatic rings. The minimum absolute atomic E-state index is 0.0415. The molecule has 1 unspecified atom stereocenters. The van der Waals surface area contributed by atoms with Gasteiger partial charge in [0.05, 0.1) is 0 Å². The fourth-order valence-corrected chi connectivity index (χ4v) is 3.31. The second-order valence-electron chi connectivity index (χ2n) is 6.49. The first-order valence-corrected chi connectivity index (χ1v) is 8.43. The van der Waals surface area contributed by atoms with Crippen LogP contribution in [0.25, 0.3) is 21.2 Å². The number of hydrogen-bond donors (Lipinski definition) is 0. The summed E-state index contributed by atoms with van der Waals surface area (Å²) in [6.45, 7) is 9.50. The van der Waals surface area contributed by atoms with E-state index in [1.54, 1.807) is 0 Å². The summed E-state index contributed by atoms with van der Waals surface area (Å²) in [5, 5.41) is 6.05. The maximum absolute atomic E-state index is 8.70. The quantitative estimate of drug-likeness (QED) is 0.388. The Labute approximate surface area is 143 Å². The topological polar surface area (TPSA) is 61.2 Å². The van der Waals surface area contributed by atoms with E-state index in [9.17, 15) is 0 Å². The van der Waals surface area contributed by atoms with Crippen LogP contribution in [0.3, 0.4) is 0 Å². The summed E-state index contributed by atoms with van der Waals surface area (Å²) in [6.07, 6.45) is 0. The Morgan fingerprint density at radius 3 is 2.38 bits per heavy atom. The van der Waals surface area contributed by atoms with Crippen LogP contribution in [-0.4, -0.2) is 36.2 Å². The molecule has 0 heterocycles. The number of ether oxygens (including phenoxy) is 1. The van der Waals surface area contributed by atoms with Crippen LogP contribution in [0.5, 0.6) is 5.75 Å². The van der Waals surface area contributed by atoms with Crippen molar-refractivity contribution in [2.24, 2.45) is 5.11 Å². The highest BCUT2D eigenvalue weighted by atomic mass is 16.5. The molecule has 0 bridgehead atoms. The van der Waals surface area contributed by atoms with Crippen molar-refractivity contribution in [3.63, 3.8) is 0 Å². The zero-order chi connectivity index (χ0) is 17.5. The molecule has 0 aliphatic carbocycles. The van der Waals surface area contributed by atoms with Crippen LogP contribution in [0.15, 0.2) is 47.6 Å². The Morgan fingerprint density at radius 1 is 1.04 bits per heavy atom. The average molecular weight is 326 g/mol. The van der Waals surface area contributed by atoms with Gasteiger partial charge in [-0.3, -0.25) is 4.90 Å². The molecule has 0 radical (unpaired) electrons. The zero-order valence-electron chi connectivity index (χ0n) is 14.9. The predicted octanol–water partition coefficient (Wildman–Crippen LogP) is 5.02. The van der Waals surface area contributed by atoms with Gasteiger partial charge in [0, 0.05) is 35.0 Å². The Kier molecular flexibility index (Phi) is 6.47. The van der Waals surface area contributed by atoms with Crippen molar-refractivity contribution in [3.05, 3.63) is 52.9 Å². The van der Waals surface area contributed by atoms with Gasteiger partial charge >= 0.3 is 0 Å². The van der Waals surface area contributed by atoms with Crippen LogP contribution >= 0.6 is 0 Å². The molecule has 0 spiro atoms. The molecule has 2 aromatic carbocycles. The molecule has 0 N–H and O–H groups in total. The van der Waals surface area contributed by atoms with E-state index in [0.29, 0.717) is 25.2 Å². The summed E-state index contributed by atoms with van der Waals surface area (Å²) < 4.78 is 6.13. The summed E-state index contributed by atoms with van der Waals surface area (Å²) in [5.41, 5.74) is 8.70. The Balaban J connectivity index is 2.21. The molecule has 5 heteroatoms. The molecule has 5 nitrogen and oxygen atoms in total. The van der Waals surface area contributed by atoms with Crippen molar-refractivity contribution in [1.29, 1.82) is 0 Å². The van der Waals surface area contributed by atoms with E-state index in [-0.39, 0.29) is 6.04 Å². The van der Waals surface area contributed by atoms with Crippen molar-refractivity contribution in [2.75, 3.05) is 13.2 Å². The molecule has 0 saturated carbocycles. The monoisotopic (exact) mass is 326 g/mol. The maximum Gasteiger partial charge on any atom is 0.127 e. The highest BCUT2D eigenvalue weighted by Crippen LogP contribution is 2.25. The Morgan fingerprint density at radius 2 is 1.71 bits per heavy atom. The average Bonchev–Trinajstić information content (AvgIpc) is 2.56. The van der Waals surface area contributed by atoms with Gasteiger partial charge in [0.1, 0.15) is 12.4 Å². The number of fused-ring (bicyclic) bond motifs is 1. The predicted molar refractivity (Wildman–Crippen MR) is 99.4 cm³/mol. The number of hydrogen-bond acceptors (Lipinski definition) is 3. The van der Waals surface area contributed by atoms with Crippen molar-refractivity contribution in [2.45, 2.75) is 45.8 Å². The Bertz CT molecular complexity index is 694. The molecule has 0 aliphatic heterocycles. The molecule has 0 saturated heterocycles. The van der Waals surface area contributed by atoms with Gasteiger partial charge in [-0.15, -0.1) is 0 Å². The van der Waals surface area contributed by atoms with Crippen LogP contribution in [0.1, 0.15) is 27.7 Å². The van der Waals surface area contributed by atoms with Crippen LogP contribution in [0.4, 0.5) is 0 Å². The SMILES string of the molecule is CC(C)N(C(C)C)C(CN=[N+]=[N-])COc1cccc2ccccc12. The lowest BCUT2D eigenvalue weighted by Gasteiger charge is -2.37. The van der Waals surface area contributed by atoms with E-state index in [4.69, 9.17) is 10.3 Å². The van der Waals surface area contributed by atoms with Crippen LogP contribution in [0, 0.1) is 0 Å². The van der Waals surface area contributed by atoms with Gasteiger partial charge in [-0.1, -0.05) is 41.5 Å². The van der Waals surface area contributed by atoms with Crippen molar-refractivity contribution in [1.82, 2.24) is 4.90 Å². The number of rotatable bonds is 8. The molecule has 0 amide bonds. The molecular formula is C19H26N4O. The van der Waals surface area contributed by atoms with Gasteiger partial charge in [-0.2, -0.15) is 0 Å². The highest BCUT2D eigenvalue weighted by Gasteiger charge is 2.24. The molecule has 0 aliphatic rings. The highest BCUT2D eigenvalue weighted by molar-refractivity contribution is 5.88. The van der Waals surface area contributed by atoms with Gasteiger partial charge in [-0.25, -0.2) is 0 Å². The normalized spacial score (nSPS) is 12.6. The first kappa shape index (κ1) is 18.1. The third kappa shape index (κ3) is 4.40. The maximum atomic E-state index is 8.70. The number of azide groups is 1. The third-order valence-corrected chi connectivity index (χ3v) is 4.15. The van der Waals surface area contributed by atoms with E-state index in [2.05, 4.69) is 60.8 Å². The Hall–Kier alpha value is -2.23. The van der Waals surface area contributed by atoms with E-state index in [1.807, 2.05) is 24.3 Å². The lowest BCUT2D eigenvalue weighted by molar-refractivity contribution is 0.0804. The number of benzene rings is 2. The first-order chi connectivity index (χ1) is 11.5. The molecule has 0 aromatic heterocycles. The summed E-state index contributed by atoms with van der Waals surface area (Å²) in [6, 6.07) is 15.0. The van der Waals surface area contributed by atoms with Gasteiger partial charge in [0.15, 0.2) is 0 Å². The summed E-state index contributed by atoms with van der Waals surface area (Å²) >= 11 is 0. The van der Waals surface area contributed by atoms with Crippen LogP contribution < -0.4 is 4.74 Å². The largest absolute Gasteiger partial charge is 0.491 e. The smallest absolute Gasteiger partial charge is 0.127 e. The van der Waals surface area contributed by atoms with E-state index < -0.39 is 0 Å². The fourth-order valence-electron chi connectivity index (χ4n) is 3.31. The molecular weight excluding hydrogens is 300 g/mol. The zero-order valence-corrected chi connectivity index (χ0v) is 14.9. The third-order valence-electron chi connectivity index (χ3n) is 4.15. The second kappa shape index (κ2) is 8.57. The fraction of sp³-hybridized carbons (Fsp3) is 0.474. The second-order valence-corrected chi connectivity index (χ2v) is 6.49. The summed E-state index contributed by atoms with van der Waals surface area (Å²) in [5.74, 6) is 0.867. The number of nitrogens with zero attached hydrogens (tertiary/aromatic N) is 4. The molecule has 0 fully saturated rings. The van der Waals surface area contributed by atoms with E-state index in [0.717, 1.165) is 16.5 Å². The van der Waals surface area contributed by atoms with E-state index in [1.165, 1.54) is 0 Å². The molecule has 24 heavy (non-hydrogen) atoms. The van der Waals surface area contributed by atoms with E-state index >= 15 is 0 Å². The standard InChI is InChI=1S/C19H26N4O/c1-14(2)23(15(3)4)17(12-21-22-20)13-24-19-11-7-9-16-8-5-6-10-18(16)19/h5-11,14-15,17H,12-13H2,1-4H3. The minimum atomic E-state index is 0.0415. The van der Waals surface area contributed by atoms with Gasteiger partial charge in [0.2, 0.25) is 0 Å². The lowest BCUT2D eigenvalue weighted by atomic mass is 10.1. The minimum Gasteiger partial charge on any atom is -0.491 e. The van der Waals surface area contributed by atoms with Crippen molar-refractivity contribution < 1.29 is 4.74 Å². The van der Waals surface area contributed by atoms with Crippen molar-refractivity contribution >= 4 is 10.8 Å². The molecule has 2 rings (SSSR count). The van der Waals surface area contributed by atoms with Gasteiger partial charge in [-0.05, 0) is 44.7 Å². The van der Waals surface area contributed by atoms with Crippen LogP contribution in [0.2, 0.25) is 0 Å². The van der Waals surface area contributed by atoms with Gasteiger partial charge in [0.25, 0.3) is 0 Å².